The average molecular weight is 258 g/mol. The van der Waals surface area contributed by atoms with Gasteiger partial charge >= 0.3 is 0 Å². The molecule has 2 amide bonds. The highest BCUT2D eigenvalue weighted by molar-refractivity contribution is 6.33. The molecule has 0 aliphatic heterocycles. The summed E-state index contributed by atoms with van der Waals surface area (Å²) in [6, 6.07) is 4.36. The zero-order valence-electron chi connectivity index (χ0n) is 8.81. The summed E-state index contributed by atoms with van der Waals surface area (Å²) in [5.41, 5.74) is 10.9. The Morgan fingerprint density at radius 2 is 2.12 bits per heavy atom. The molecule has 1 aromatic carbocycles. The number of aliphatic hydroxyl groups excluding tert-OH is 1. The van der Waals surface area contributed by atoms with Gasteiger partial charge in [0.25, 0.3) is 5.91 Å². The highest BCUT2D eigenvalue weighted by Gasteiger charge is 2.13. The summed E-state index contributed by atoms with van der Waals surface area (Å²) >= 11 is 5.70. The molecule has 0 aromatic heterocycles. The van der Waals surface area contributed by atoms with E-state index in [1.165, 1.54) is 18.2 Å². The van der Waals surface area contributed by atoms with Crippen molar-refractivity contribution in [3.8, 4) is 0 Å². The van der Waals surface area contributed by atoms with Crippen molar-refractivity contribution in [1.82, 2.24) is 5.32 Å². The van der Waals surface area contributed by atoms with E-state index in [1.807, 2.05) is 0 Å². The Bertz CT molecular complexity index is 450. The molecule has 0 aliphatic carbocycles. The lowest BCUT2D eigenvalue weighted by atomic mass is 10.2. The van der Waals surface area contributed by atoms with Gasteiger partial charge in [-0.2, -0.15) is 0 Å². The molecule has 0 spiro atoms. The van der Waals surface area contributed by atoms with Crippen molar-refractivity contribution in [2.24, 2.45) is 5.73 Å². The second-order valence-electron chi connectivity index (χ2n) is 3.36. The number of benzene rings is 1. The number of nitrogens with one attached hydrogen (secondary N) is 1. The van der Waals surface area contributed by atoms with Crippen molar-refractivity contribution in [2.45, 2.75) is 6.10 Å². The minimum atomic E-state index is -1.41. The Morgan fingerprint density at radius 1 is 1.47 bits per heavy atom. The molecular weight excluding hydrogens is 246 g/mol. The lowest BCUT2D eigenvalue weighted by Gasteiger charge is -2.09. The minimum Gasteiger partial charge on any atom is -0.398 e. The molecule has 1 rings (SSSR count). The number of nitrogen functional groups attached to an aromatic ring is 1. The Morgan fingerprint density at radius 3 is 2.65 bits per heavy atom. The highest BCUT2D eigenvalue weighted by atomic mass is 35.5. The van der Waals surface area contributed by atoms with Crippen LogP contribution in [0, 0.1) is 0 Å². The van der Waals surface area contributed by atoms with Crippen LogP contribution in [0.25, 0.3) is 0 Å². The normalized spacial score (nSPS) is 11.9. The number of rotatable bonds is 4. The molecule has 1 aromatic rings. The molecule has 92 valence electrons. The third-order valence-electron chi connectivity index (χ3n) is 2.04. The monoisotopic (exact) mass is 257 g/mol. The fourth-order valence-electron chi connectivity index (χ4n) is 1.08. The molecular formula is C10H12ClN3O3. The van der Waals surface area contributed by atoms with Crippen molar-refractivity contribution < 1.29 is 14.7 Å². The summed E-state index contributed by atoms with van der Waals surface area (Å²) in [7, 11) is 0. The van der Waals surface area contributed by atoms with Crippen LogP contribution >= 0.6 is 11.6 Å². The zero-order chi connectivity index (χ0) is 13.0. The molecule has 1 atom stereocenters. The molecule has 0 saturated heterocycles. The lowest BCUT2D eigenvalue weighted by molar-refractivity contribution is -0.125. The Balaban J connectivity index is 2.64. The third-order valence-corrected chi connectivity index (χ3v) is 2.39. The maximum Gasteiger partial charge on any atom is 0.251 e. The zero-order valence-corrected chi connectivity index (χ0v) is 9.57. The molecule has 6 N–H and O–H groups in total. The van der Waals surface area contributed by atoms with Crippen LogP contribution < -0.4 is 16.8 Å². The fourth-order valence-corrected chi connectivity index (χ4v) is 1.19. The quantitative estimate of drug-likeness (QED) is 0.544. The standard InChI is InChI=1S/C10H12ClN3O3/c11-6-2-1-5(3-7(6)12)10(17)14-4-8(15)9(13)16/h1-3,8,15H,4,12H2,(H2,13,16)(H,14,17). The first-order chi connectivity index (χ1) is 7.91. The van der Waals surface area contributed by atoms with E-state index >= 15 is 0 Å². The lowest BCUT2D eigenvalue weighted by Crippen LogP contribution is -2.39. The van der Waals surface area contributed by atoms with Crippen LogP contribution in [0.2, 0.25) is 5.02 Å². The molecule has 0 heterocycles. The molecule has 0 radical (unpaired) electrons. The fraction of sp³-hybridized carbons (Fsp3) is 0.200. The van der Waals surface area contributed by atoms with E-state index in [-0.39, 0.29) is 17.8 Å². The van der Waals surface area contributed by atoms with E-state index < -0.39 is 17.9 Å². The van der Waals surface area contributed by atoms with E-state index in [0.29, 0.717) is 5.02 Å². The first-order valence-electron chi connectivity index (χ1n) is 4.72. The van der Waals surface area contributed by atoms with E-state index in [1.54, 1.807) is 0 Å². The van der Waals surface area contributed by atoms with E-state index in [4.69, 9.17) is 28.2 Å². The number of halogens is 1. The summed E-state index contributed by atoms with van der Waals surface area (Å²) in [6.07, 6.45) is -1.41. The van der Waals surface area contributed by atoms with Crippen LogP contribution in [-0.2, 0) is 4.79 Å². The summed E-state index contributed by atoms with van der Waals surface area (Å²) in [6.45, 7) is -0.253. The van der Waals surface area contributed by atoms with Gasteiger partial charge in [0, 0.05) is 5.56 Å². The first-order valence-corrected chi connectivity index (χ1v) is 5.10. The van der Waals surface area contributed by atoms with Crippen LogP contribution in [-0.4, -0.2) is 29.6 Å². The van der Waals surface area contributed by atoms with Gasteiger partial charge in [-0.05, 0) is 18.2 Å². The third kappa shape index (κ3) is 3.61. The number of anilines is 1. The van der Waals surface area contributed by atoms with Crippen molar-refractivity contribution in [1.29, 1.82) is 0 Å². The van der Waals surface area contributed by atoms with Crippen molar-refractivity contribution >= 4 is 29.1 Å². The summed E-state index contributed by atoms with van der Waals surface area (Å²) in [4.78, 5) is 22.1. The van der Waals surface area contributed by atoms with Crippen LogP contribution in [0.1, 0.15) is 10.4 Å². The Labute approximate surface area is 103 Å². The summed E-state index contributed by atoms with van der Waals surface area (Å²) < 4.78 is 0. The minimum absolute atomic E-state index is 0.253. The van der Waals surface area contributed by atoms with Gasteiger partial charge in [0.1, 0.15) is 6.10 Å². The molecule has 6 nitrogen and oxygen atoms in total. The number of primary amides is 1. The summed E-state index contributed by atoms with van der Waals surface area (Å²) in [5.74, 6) is -1.38. The number of hydrogen-bond donors (Lipinski definition) is 4. The molecule has 17 heavy (non-hydrogen) atoms. The molecule has 0 saturated carbocycles. The number of nitrogens with two attached hydrogens (primary N) is 2. The molecule has 0 aliphatic rings. The van der Waals surface area contributed by atoms with Crippen molar-refractivity contribution in [2.75, 3.05) is 12.3 Å². The van der Waals surface area contributed by atoms with E-state index in [9.17, 15) is 9.59 Å². The highest BCUT2D eigenvalue weighted by Crippen LogP contribution is 2.19. The predicted molar refractivity (Wildman–Crippen MR) is 63.4 cm³/mol. The van der Waals surface area contributed by atoms with Gasteiger partial charge in [-0.3, -0.25) is 9.59 Å². The first kappa shape index (κ1) is 13.3. The maximum absolute atomic E-state index is 11.6. The molecule has 7 heteroatoms. The predicted octanol–water partition coefficient (Wildman–Crippen LogP) is -0.502. The smallest absolute Gasteiger partial charge is 0.251 e. The van der Waals surface area contributed by atoms with Gasteiger partial charge in [0.15, 0.2) is 0 Å². The van der Waals surface area contributed by atoms with Gasteiger partial charge < -0.3 is 21.9 Å². The van der Waals surface area contributed by atoms with Crippen LogP contribution in [0.3, 0.4) is 0 Å². The number of carbonyl (C=O) groups is 2. The Kier molecular flexibility index (Phi) is 4.30. The van der Waals surface area contributed by atoms with Crippen LogP contribution in [0.15, 0.2) is 18.2 Å². The van der Waals surface area contributed by atoms with Gasteiger partial charge in [0.2, 0.25) is 5.91 Å². The maximum atomic E-state index is 11.6. The van der Waals surface area contributed by atoms with Crippen LogP contribution in [0.5, 0.6) is 0 Å². The Hall–Kier alpha value is -1.79. The average Bonchev–Trinajstić information content (AvgIpc) is 2.28. The molecule has 0 bridgehead atoms. The van der Waals surface area contributed by atoms with Gasteiger partial charge in [0.05, 0.1) is 17.3 Å². The number of amides is 2. The van der Waals surface area contributed by atoms with Crippen molar-refractivity contribution in [3.05, 3.63) is 28.8 Å². The van der Waals surface area contributed by atoms with E-state index in [0.717, 1.165) is 0 Å². The van der Waals surface area contributed by atoms with Gasteiger partial charge in [-0.25, -0.2) is 0 Å². The van der Waals surface area contributed by atoms with Crippen molar-refractivity contribution in [3.63, 3.8) is 0 Å². The second kappa shape index (κ2) is 5.51. The topological polar surface area (TPSA) is 118 Å². The molecule has 1 unspecified atom stereocenters. The molecule has 0 fully saturated rings. The second-order valence-corrected chi connectivity index (χ2v) is 3.77. The number of aliphatic hydroxyl groups is 1. The van der Waals surface area contributed by atoms with Crippen LogP contribution in [0.4, 0.5) is 5.69 Å². The summed E-state index contributed by atoms with van der Waals surface area (Å²) in [5, 5.41) is 11.8. The van der Waals surface area contributed by atoms with Gasteiger partial charge in [-0.1, -0.05) is 11.6 Å². The largest absolute Gasteiger partial charge is 0.398 e. The number of hydrogen-bond acceptors (Lipinski definition) is 4. The van der Waals surface area contributed by atoms with E-state index in [2.05, 4.69) is 5.32 Å². The SMILES string of the molecule is NC(=O)C(O)CNC(=O)c1ccc(Cl)c(N)c1. The number of carbonyl (C=O) groups excluding carboxylic acids is 2. The van der Waals surface area contributed by atoms with Gasteiger partial charge in [-0.15, -0.1) is 0 Å².